The minimum Gasteiger partial charge on any atom is -0.363 e. The summed E-state index contributed by atoms with van der Waals surface area (Å²) in [7, 11) is 0. The summed E-state index contributed by atoms with van der Waals surface area (Å²) in [6.45, 7) is 6.35. The molecule has 0 unspecified atom stereocenters. The van der Waals surface area contributed by atoms with Gasteiger partial charge in [0, 0.05) is 32.1 Å². The normalized spacial score (nSPS) is 17.0. The first-order chi connectivity index (χ1) is 18.6. The van der Waals surface area contributed by atoms with Crippen LogP contribution in [0.2, 0.25) is 0 Å². The first-order valence-electron chi connectivity index (χ1n) is 12.5. The topological polar surface area (TPSA) is 109 Å². The van der Waals surface area contributed by atoms with Gasteiger partial charge in [0.05, 0.1) is 28.1 Å². The van der Waals surface area contributed by atoms with Crippen molar-refractivity contribution in [1.29, 1.82) is 0 Å². The van der Waals surface area contributed by atoms with Crippen molar-refractivity contribution >= 4 is 34.3 Å². The Morgan fingerprint density at radius 3 is 2.54 bits per heavy atom. The van der Waals surface area contributed by atoms with Crippen LogP contribution in [-0.4, -0.2) is 71.4 Å². The number of aryl methyl sites for hydroxylation is 1. The van der Waals surface area contributed by atoms with Crippen molar-refractivity contribution in [3.05, 3.63) is 58.9 Å². The molecule has 0 radical (unpaired) electrons. The van der Waals surface area contributed by atoms with Crippen LogP contribution >= 0.6 is 0 Å². The van der Waals surface area contributed by atoms with Crippen LogP contribution in [0.1, 0.15) is 60.0 Å². The van der Waals surface area contributed by atoms with E-state index in [2.05, 4.69) is 25.4 Å². The highest BCUT2D eigenvalue weighted by molar-refractivity contribution is 6.05. The summed E-state index contributed by atoms with van der Waals surface area (Å²) in [6.07, 6.45) is -0.817. The summed E-state index contributed by atoms with van der Waals surface area (Å²) < 4.78 is 42.9. The monoisotopic (exact) mass is 538 g/mol. The molecule has 0 aliphatic carbocycles. The van der Waals surface area contributed by atoms with E-state index in [1.807, 2.05) is 0 Å². The molecular weight excluding hydrogens is 513 g/mol. The lowest BCUT2D eigenvalue weighted by atomic mass is 9.77. The minimum absolute atomic E-state index is 0.0293. The molecule has 1 spiro atoms. The number of pyridine rings is 1. The number of carbonyl (C=O) groups excluding carboxylic acids is 2. The van der Waals surface area contributed by atoms with Gasteiger partial charge < -0.3 is 15.1 Å². The van der Waals surface area contributed by atoms with Gasteiger partial charge in [-0.15, -0.1) is 0 Å². The van der Waals surface area contributed by atoms with Crippen LogP contribution < -0.4 is 5.32 Å². The number of hydrogen-bond acceptors (Lipinski definition) is 7. The molecule has 2 saturated heterocycles. The molecule has 6 rings (SSSR count). The number of fused-ring (bicyclic) bond motifs is 3. The van der Waals surface area contributed by atoms with Crippen LogP contribution in [0.15, 0.2) is 30.6 Å². The summed E-state index contributed by atoms with van der Waals surface area (Å²) in [5, 5.41) is 7.84. The Hall–Kier alpha value is -4.29. The highest BCUT2D eigenvalue weighted by Gasteiger charge is 2.56. The van der Waals surface area contributed by atoms with Gasteiger partial charge in [-0.05, 0) is 26.3 Å². The van der Waals surface area contributed by atoms with Crippen molar-refractivity contribution in [1.82, 2.24) is 34.4 Å². The number of halogens is 3. The van der Waals surface area contributed by atoms with E-state index < -0.39 is 23.8 Å². The number of alkyl halides is 2. The van der Waals surface area contributed by atoms with E-state index in [4.69, 9.17) is 0 Å². The van der Waals surface area contributed by atoms with Gasteiger partial charge >= 0.3 is 0 Å². The first-order valence-corrected chi connectivity index (χ1v) is 12.5. The molecule has 1 atom stereocenters. The van der Waals surface area contributed by atoms with Crippen molar-refractivity contribution in [2.45, 2.75) is 45.2 Å². The predicted octanol–water partition coefficient (Wildman–Crippen LogP) is 3.68. The standard InChI is InChI=1S/C26H25F3N8O2/c1-13(16-5-4-6-17(20(16)27)21(28)29)32-22-18-9-19(23-30-12-31-37(23)24(18)34-14(2)33-22)25(39)36-8-7-26(36)10-35(11-26)15(3)38/h4-6,9,12-13,21H,7-8,10-11H2,1-3H3,(H,32,33,34)/t13-/m1/s1. The fraction of sp³-hybridized carbons (Fsp3) is 0.385. The molecule has 13 heteroatoms. The zero-order valence-electron chi connectivity index (χ0n) is 21.5. The van der Waals surface area contributed by atoms with E-state index in [0.717, 1.165) is 12.5 Å². The zero-order valence-corrected chi connectivity index (χ0v) is 21.5. The maximum absolute atomic E-state index is 14.9. The van der Waals surface area contributed by atoms with E-state index in [-0.39, 0.29) is 28.5 Å². The average molecular weight is 539 g/mol. The second-order valence-electron chi connectivity index (χ2n) is 10.1. The number of benzene rings is 1. The molecule has 0 saturated carbocycles. The molecule has 10 nitrogen and oxygen atoms in total. The highest BCUT2D eigenvalue weighted by atomic mass is 19.3. The molecule has 1 aromatic carbocycles. The van der Waals surface area contributed by atoms with Crippen LogP contribution in [0.5, 0.6) is 0 Å². The Balaban J connectivity index is 1.41. The van der Waals surface area contributed by atoms with Gasteiger partial charge in [0.15, 0.2) is 11.3 Å². The summed E-state index contributed by atoms with van der Waals surface area (Å²) in [5.41, 5.74) is -0.0172. The van der Waals surface area contributed by atoms with Crippen LogP contribution in [0.25, 0.3) is 16.7 Å². The number of nitrogens with zero attached hydrogens (tertiary/aromatic N) is 7. The lowest BCUT2D eigenvalue weighted by Crippen LogP contribution is -2.78. The van der Waals surface area contributed by atoms with Gasteiger partial charge in [-0.25, -0.2) is 28.1 Å². The number of likely N-dealkylation sites (tertiary alicyclic amines) is 2. The first kappa shape index (κ1) is 25.0. The molecule has 1 N–H and O–H groups in total. The Labute approximate surface area is 220 Å². The van der Waals surface area contributed by atoms with Gasteiger partial charge in [0.2, 0.25) is 5.91 Å². The van der Waals surface area contributed by atoms with Crippen LogP contribution in [0, 0.1) is 12.7 Å². The Bertz CT molecular complexity index is 1650. The Kier molecular flexibility index (Phi) is 5.70. The second-order valence-corrected chi connectivity index (χ2v) is 10.1. The molecule has 2 amide bonds. The maximum Gasteiger partial charge on any atom is 0.266 e. The van der Waals surface area contributed by atoms with E-state index in [1.54, 1.807) is 29.7 Å². The maximum atomic E-state index is 14.9. The molecule has 4 aromatic rings. The molecule has 2 aliphatic rings. The molecule has 2 aliphatic heterocycles. The average Bonchev–Trinajstić information content (AvgIpc) is 3.32. The summed E-state index contributed by atoms with van der Waals surface area (Å²) in [4.78, 5) is 42.3. The van der Waals surface area contributed by atoms with E-state index >= 15 is 0 Å². The largest absolute Gasteiger partial charge is 0.363 e. The third-order valence-corrected chi connectivity index (χ3v) is 7.69. The third-order valence-electron chi connectivity index (χ3n) is 7.69. The number of anilines is 1. The fourth-order valence-corrected chi connectivity index (χ4v) is 5.49. The van der Waals surface area contributed by atoms with Crippen molar-refractivity contribution in [3.63, 3.8) is 0 Å². The lowest BCUT2D eigenvalue weighted by molar-refractivity contribution is -0.151. The Morgan fingerprint density at radius 2 is 1.87 bits per heavy atom. The van der Waals surface area contributed by atoms with E-state index in [1.165, 1.54) is 29.9 Å². The molecular formula is C26H25F3N8O2. The lowest BCUT2D eigenvalue weighted by Gasteiger charge is -2.62. The summed E-state index contributed by atoms with van der Waals surface area (Å²) >= 11 is 0. The molecule has 3 aromatic heterocycles. The van der Waals surface area contributed by atoms with Gasteiger partial charge in [-0.2, -0.15) is 9.61 Å². The van der Waals surface area contributed by atoms with Crippen molar-refractivity contribution in [3.8, 4) is 0 Å². The van der Waals surface area contributed by atoms with Gasteiger partial charge in [-0.3, -0.25) is 9.59 Å². The molecule has 0 bridgehead atoms. The number of carbonyl (C=O) groups is 2. The number of aromatic nitrogens is 5. The number of hydrogen-bond donors (Lipinski definition) is 1. The molecule has 39 heavy (non-hydrogen) atoms. The molecule has 202 valence electrons. The van der Waals surface area contributed by atoms with Crippen LogP contribution in [0.4, 0.5) is 19.0 Å². The SMILES string of the molecule is CC(=O)N1CC2(CCN2C(=O)c2cc3c(N[C@H](C)c4cccc(C(F)F)c4F)nc(C)nc3n3ncnc23)C1. The van der Waals surface area contributed by atoms with E-state index in [0.29, 0.717) is 48.0 Å². The quantitative estimate of drug-likeness (QED) is 0.413. The predicted molar refractivity (Wildman–Crippen MR) is 135 cm³/mol. The fourth-order valence-electron chi connectivity index (χ4n) is 5.49. The number of rotatable bonds is 5. The van der Waals surface area contributed by atoms with Crippen molar-refractivity contribution < 1.29 is 22.8 Å². The van der Waals surface area contributed by atoms with Gasteiger partial charge in [0.1, 0.15) is 23.8 Å². The summed E-state index contributed by atoms with van der Waals surface area (Å²) in [5.74, 6) is -0.586. The minimum atomic E-state index is -2.95. The van der Waals surface area contributed by atoms with Crippen molar-refractivity contribution in [2.75, 3.05) is 25.0 Å². The summed E-state index contributed by atoms with van der Waals surface area (Å²) in [6, 6.07) is 4.77. The molecule has 2 fully saturated rings. The van der Waals surface area contributed by atoms with Crippen LogP contribution in [0.3, 0.4) is 0 Å². The number of amides is 2. The number of nitrogens with one attached hydrogen (secondary N) is 1. The van der Waals surface area contributed by atoms with Crippen molar-refractivity contribution in [2.24, 2.45) is 0 Å². The van der Waals surface area contributed by atoms with Gasteiger partial charge in [-0.1, -0.05) is 18.2 Å². The van der Waals surface area contributed by atoms with E-state index in [9.17, 15) is 22.8 Å². The zero-order chi connectivity index (χ0) is 27.6. The Morgan fingerprint density at radius 1 is 1.13 bits per heavy atom. The smallest absolute Gasteiger partial charge is 0.266 e. The third kappa shape index (κ3) is 3.86. The second kappa shape index (κ2) is 8.89. The molecule has 5 heterocycles. The highest BCUT2D eigenvalue weighted by Crippen LogP contribution is 2.41. The van der Waals surface area contributed by atoms with Gasteiger partial charge in [0.25, 0.3) is 12.3 Å². The van der Waals surface area contributed by atoms with Crippen LogP contribution in [-0.2, 0) is 4.79 Å².